The van der Waals surface area contributed by atoms with Gasteiger partial charge in [0.15, 0.2) is 35.4 Å². The van der Waals surface area contributed by atoms with Gasteiger partial charge in [-0.25, -0.2) is 19.3 Å². The summed E-state index contributed by atoms with van der Waals surface area (Å²) in [7, 11) is 2.56. The van der Waals surface area contributed by atoms with E-state index in [0.717, 1.165) is 6.33 Å². The Bertz CT molecular complexity index is 1950. The number of anilines is 2. The molecular weight excluding hydrogens is 641 g/mol. The van der Waals surface area contributed by atoms with Crippen LogP contribution >= 0.6 is 14.9 Å². The highest BCUT2D eigenvalue weighted by atomic mass is 31.2. The molecule has 0 aliphatic carbocycles. The van der Waals surface area contributed by atoms with Crippen molar-refractivity contribution in [2.75, 3.05) is 24.7 Å². The zero-order valence-corrected chi connectivity index (χ0v) is 24.5. The molecule has 6 N–H and O–H groups in total. The minimum Gasteiger partial charge on any atom is -0.397 e. The van der Waals surface area contributed by atoms with Crippen LogP contribution in [0.15, 0.2) is 29.7 Å². The van der Waals surface area contributed by atoms with Crippen LogP contribution in [-0.4, -0.2) is 104 Å². The number of nitrogens with zero attached hydrogens (tertiary/aromatic N) is 6. The van der Waals surface area contributed by atoms with Crippen LogP contribution in [0.5, 0.6) is 0 Å². The predicted molar refractivity (Wildman–Crippen MR) is 152 cm³/mol. The standard InChI is InChI=1S/C21H22B2FN9O10P2/c22-44(36)39-4-9-15(13(34)20(41-9)33-6-29-12-17(33)30-21(26)31-18(12)35)43-45(23,37)38-3-8-14(42-44)10(24)19(40-8)32-5-28-11-7(25)1-2-27-16(11)32/h1-2,5-6,8-10,13-15,19-20,34H,3-4H2,(H2,25,27)(H3,26,30,31,35)/t8-,9-,10+,13?,14?,15+,19-,20-,44?,45?/m1/s1. The van der Waals surface area contributed by atoms with Crippen molar-refractivity contribution in [2.45, 2.75) is 49.1 Å². The van der Waals surface area contributed by atoms with Crippen molar-refractivity contribution in [3.8, 4) is 0 Å². The molecule has 0 amide bonds. The molecule has 45 heavy (non-hydrogen) atoms. The van der Waals surface area contributed by atoms with Crippen LogP contribution in [0.1, 0.15) is 12.5 Å². The van der Waals surface area contributed by atoms with Crippen molar-refractivity contribution in [2.24, 2.45) is 0 Å². The minimum absolute atomic E-state index is 0.0596. The third kappa shape index (κ3) is 5.39. The number of imidazole rings is 2. The molecule has 4 aromatic heterocycles. The van der Waals surface area contributed by atoms with E-state index in [4.69, 9.17) is 54.2 Å². The summed E-state index contributed by atoms with van der Waals surface area (Å²) < 4.78 is 78.2. The zero-order chi connectivity index (χ0) is 31.8. The number of nitrogens with one attached hydrogen (secondary N) is 1. The van der Waals surface area contributed by atoms with Crippen LogP contribution in [-0.2, 0) is 36.7 Å². The highest BCUT2D eigenvalue weighted by Gasteiger charge is 2.53. The molecule has 3 saturated heterocycles. The number of aliphatic hydroxyl groups excluding tert-OH is 1. The number of aromatic amines is 1. The lowest BCUT2D eigenvalue weighted by Crippen LogP contribution is -2.38. The van der Waals surface area contributed by atoms with Crippen LogP contribution in [0, 0.1) is 0 Å². The number of nitrogen functional groups attached to an aromatic ring is 2. The molecule has 0 bridgehead atoms. The van der Waals surface area contributed by atoms with Gasteiger partial charge in [-0.05, 0) is 6.07 Å². The highest BCUT2D eigenvalue weighted by molar-refractivity contribution is 7.79. The van der Waals surface area contributed by atoms with E-state index >= 15 is 4.39 Å². The first-order valence-electron chi connectivity index (χ1n) is 13.2. The van der Waals surface area contributed by atoms with Gasteiger partial charge in [0, 0.05) is 6.20 Å². The molecule has 19 nitrogen and oxygen atoms in total. The molecule has 4 unspecified atom stereocenters. The number of halogens is 1. The fraction of sp³-hybridized carbons (Fsp3) is 0.476. The molecule has 234 valence electrons. The maximum atomic E-state index is 16.0. The number of hydrogen-bond acceptors (Lipinski definition) is 16. The summed E-state index contributed by atoms with van der Waals surface area (Å²) in [4.78, 5) is 30.8. The Labute approximate surface area is 253 Å². The average Bonchev–Trinajstić information content (AvgIpc) is 3.72. The molecule has 0 spiro atoms. The summed E-state index contributed by atoms with van der Waals surface area (Å²) in [5.41, 5.74) is 11.5. The Kier molecular flexibility index (Phi) is 7.42. The Morgan fingerprint density at radius 1 is 0.933 bits per heavy atom. The number of rotatable bonds is 2. The Hall–Kier alpha value is -3.19. The molecule has 0 aromatic carbocycles. The van der Waals surface area contributed by atoms with E-state index in [1.165, 1.54) is 27.7 Å². The van der Waals surface area contributed by atoms with E-state index in [1.807, 2.05) is 0 Å². The minimum atomic E-state index is -4.59. The van der Waals surface area contributed by atoms with Gasteiger partial charge in [0.25, 0.3) is 20.5 Å². The van der Waals surface area contributed by atoms with Crippen LogP contribution in [0.2, 0.25) is 0 Å². The average molecular weight is 663 g/mol. The molecule has 7 rings (SSSR count). The number of fused-ring (bicyclic) bond motifs is 4. The third-order valence-corrected chi connectivity index (χ3v) is 9.53. The molecule has 24 heteroatoms. The second-order valence-corrected chi connectivity index (χ2v) is 13.5. The van der Waals surface area contributed by atoms with Crippen molar-refractivity contribution >= 4 is 64.0 Å². The van der Waals surface area contributed by atoms with Gasteiger partial charge in [-0.3, -0.25) is 28.0 Å². The van der Waals surface area contributed by atoms with E-state index in [1.54, 1.807) is 0 Å². The van der Waals surface area contributed by atoms with Gasteiger partial charge in [0.1, 0.15) is 36.0 Å². The smallest absolute Gasteiger partial charge is 0.280 e. The number of ether oxygens (including phenoxy) is 2. The largest absolute Gasteiger partial charge is 0.397 e. The Balaban J connectivity index is 1.17. The maximum absolute atomic E-state index is 16.0. The summed E-state index contributed by atoms with van der Waals surface area (Å²) in [6.45, 7) is -1.39. The lowest BCUT2D eigenvalue weighted by Gasteiger charge is -2.30. The van der Waals surface area contributed by atoms with E-state index in [2.05, 4.69) is 24.9 Å². The quantitative estimate of drug-likeness (QED) is 0.157. The fourth-order valence-corrected chi connectivity index (χ4v) is 7.44. The van der Waals surface area contributed by atoms with Gasteiger partial charge in [0.2, 0.25) is 21.1 Å². The number of H-pyrrole nitrogens is 1. The monoisotopic (exact) mass is 663 g/mol. The number of hydrogen-bond donors (Lipinski definition) is 4. The second-order valence-electron chi connectivity index (χ2n) is 10.4. The van der Waals surface area contributed by atoms with Crippen molar-refractivity contribution in [3.05, 3.63) is 35.3 Å². The van der Waals surface area contributed by atoms with Gasteiger partial charge in [0.05, 0.1) is 31.6 Å². The van der Waals surface area contributed by atoms with Crippen molar-refractivity contribution in [1.29, 1.82) is 0 Å². The molecule has 4 radical (unpaired) electrons. The van der Waals surface area contributed by atoms with Crippen LogP contribution in [0.3, 0.4) is 0 Å². The molecule has 7 heterocycles. The predicted octanol–water partition coefficient (Wildman–Crippen LogP) is -0.407. The summed E-state index contributed by atoms with van der Waals surface area (Å²) in [5, 5.41) is 11.2. The van der Waals surface area contributed by atoms with Crippen molar-refractivity contribution in [1.82, 2.24) is 34.1 Å². The number of pyridine rings is 1. The number of aromatic nitrogens is 7. The van der Waals surface area contributed by atoms with E-state index in [0.29, 0.717) is 0 Å². The molecule has 3 aliphatic rings. The van der Waals surface area contributed by atoms with Gasteiger partial charge in [-0.15, -0.1) is 0 Å². The second kappa shape index (κ2) is 11.0. The normalized spacial score (nSPS) is 37.6. The number of alkyl halides is 1. The first-order valence-corrected chi connectivity index (χ1v) is 16.4. The van der Waals surface area contributed by atoms with Gasteiger partial charge in [-0.2, -0.15) is 4.98 Å². The van der Waals surface area contributed by atoms with Crippen molar-refractivity contribution < 1.29 is 46.2 Å². The summed E-state index contributed by atoms with van der Waals surface area (Å²) in [5.74, 6) is -0.239. The molecule has 3 aliphatic heterocycles. The van der Waals surface area contributed by atoms with Crippen LogP contribution in [0.25, 0.3) is 22.3 Å². The van der Waals surface area contributed by atoms with Gasteiger partial charge in [-0.1, -0.05) is 0 Å². The molecule has 3 fully saturated rings. The first-order chi connectivity index (χ1) is 21.3. The fourth-order valence-electron chi connectivity index (χ4n) is 5.42. The Morgan fingerprint density at radius 3 is 2.24 bits per heavy atom. The summed E-state index contributed by atoms with van der Waals surface area (Å²) >= 11 is 0. The van der Waals surface area contributed by atoms with Gasteiger partial charge < -0.3 is 44.1 Å². The molecule has 10 atom stereocenters. The SMILES string of the molecule is [B]P1(=O)OC[C@H]2O[C@@H](n3cnc4c(=O)[nH]c(N)nc43)C(O)[C@H]2OP([B])(=O)OC[C@H]2O[C@@H](n3cnc4c(N)ccnc43)[C@@H](F)C2O1. The van der Waals surface area contributed by atoms with E-state index in [-0.39, 0.29) is 34.0 Å². The maximum Gasteiger partial charge on any atom is 0.280 e. The number of aliphatic hydroxyl groups is 1. The first kappa shape index (κ1) is 30.5. The molecule has 0 saturated carbocycles. The number of nitrogens with two attached hydrogens (primary N) is 2. The third-order valence-electron chi connectivity index (χ3n) is 7.44. The lowest BCUT2D eigenvalue weighted by atomic mass is 10.1. The van der Waals surface area contributed by atoms with Crippen LogP contribution < -0.4 is 17.0 Å². The Morgan fingerprint density at radius 2 is 1.53 bits per heavy atom. The summed E-state index contributed by atoms with van der Waals surface area (Å²) in [6.07, 6.45) is -8.75. The lowest BCUT2D eigenvalue weighted by molar-refractivity contribution is -0.0558. The van der Waals surface area contributed by atoms with E-state index < -0.39 is 82.9 Å². The topological polar surface area (TPSA) is 256 Å². The van der Waals surface area contributed by atoms with Crippen molar-refractivity contribution in [3.63, 3.8) is 0 Å². The highest BCUT2D eigenvalue weighted by Crippen LogP contribution is 2.53. The van der Waals surface area contributed by atoms with Crippen LogP contribution in [0.4, 0.5) is 16.0 Å². The summed E-state index contributed by atoms with van der Waals surface area (Å²) in [6, 6.07) is 1.51. The van der Waals surface area contributed by atoms with Gasteiger partial charge >= 0.3 is 0 Å². The zero-order valence-electron chi connectivity index (χ0n) is 22.7. The van der Waals surface area contributed by atoms with E-state index in [9.17, 15) is 19.0 Å². The molecule has 4 aromatic rings. The molecular formula is C21H22B2FN9O10P2.